The summed E-state index contributed by atoms with van der Waals surface area (Å²) >= 11 is 2.19. The molecule has 3 aliphatic rings. The molecule has 2 aliphatic heterocycles. The number of fused-ring (bicyclic) bond motifs is 5. The van der Waals surface area contributed by atoms with Crippen LogP contribution in [0.3, 0.4) is 0 Å². The van der Waals surface area contributed by atoms with Gasteiger partial charge in [-0.15, -0.1) is 0 Å². The van der Waals surface area contributed by atoms with Crippen LogP contribution in [0.5, 0.6) is 0 Å². The largest absolute Gasteiger partial charge is 0.151 e. The van der Waals surface area contributed by atoms with E-state index in [9.17, 15) is 0 Å². The van der Waals surface area contributed by atoms with Gasteiger partial charge in [-0.2, -0.15) is 11.8 Å². The molecule has 2 bridgehead atoms. The molecule has 2 atom stereocenters. The smallest absolute Gasteiger partial charge is 0.0236 e. The van der Waals surface area contributed by atoms with E-state index in [4.69, 9.17) is 0 Å². The second-order valence-corrected chi connectivity index (χ2v) is 9.25. The van der Waals surface area contributed by atoms with Crippen molar-refractivity contribution in [1.82, 2.24) is 0 Å². The van der Waals surface area contributed by atoms with Gasteiger partial charge >= 0.3 is 0 Å². The molecule has 2 aromatic carbocycles. The second-order valence-electron chi connectivity index (χ2n) is 7.70. The fourth-order valence-corrected chi connectivity index (χ4v) is 6.22. The molecule has 5 rings (SSSR count). The average molecular weight is 318 g/mol. The van der Waals surface area contributed by atoms with E-state index in [2.05, 4.69) is 74.1 Å². The summed E-state index contributed by atoms with van der Waals surface area (Å²) in [6, 6.07) is 16.1. The maximum Gasteiger partial charge on any atom is 0.0236 e. The Bertz CT molecular complexity index is 828. The molecular weight excluding hydrogens is 296 g/mol. The zero-order valence-electron chi connectivity index (χ0n) is 13.8. The molecule has 1 fully saturated rings. The summed E-state index contributed by atoms with van der Waals surface area (Å²) in [4.78, 5) is 0. The van der Waals surface area contributed by atoms with Crippen LogP contribution in [-0.4, -0.2) is 10.5 Å². The van der Waals surface area contributed by atoms with Crippen LogP contribution in [-0.2, 0) is 5.41 Å². The molecule has 1 saturated heterocycles. The lowest BCUT2D eigenvalue weighted by Gasteiger charge is -2.24. The molecule has 0 spiro atoms. The minimum Gasteiger partial charge on any atom is -0.151 e. The molecule has 0 aromatic heterocycles. The Hall–Kier alpha value is -1.47. The molecule has 2 heterocycles. The van der Waals surface area contributed by atoms with E-state index >= 15 is 0 Å². The van der Waals surface area contributed by atoms with Crippen molar-refractivity contribution in [3.05, 3.63) is 65.2 Å². The molecule has 0 radical (unpaired) electrons. The maximum atomic E-state index is 2.55. The highest BCUT2D eigenvalue weighted by Gasteiger charge is 2.36. The van der Waals surface area contributed by atoms with Gasteiger partial charge in [0.1, 0.15) is 0 Å². The second kappa shape index (κ2) is 4.77. The van der Waals surface area contributed by atoms with Crippen LogP contribution in [0.15, 0.2) is 48.5 Å². The highest BCUT2D eigenvalue weighted by atomic mass is 32.2. The van der Waals surface area contributed by atoms with Gasteiger partial charge in [0.2, 0.25) is 0 Å². The Kier molecular flexibility index (Phi) is 2.89. The number of thioether (sulfide) groups is 1. The number of benzene rings is 2. The third-order valence-electron chi connectivity index (χ3n) is 5.93. The Morgan fingerprint density at radius 3 is 2.65 bits per heavy atom. The van der Waals surface area contributed by atoms with E-state index in [-0.39, 0.29) is 5.41 Å². The minimum atomic E-state index is 0.116. The van der Waals surface area contributed by atoms with Crippen molar-refractivity contribution in [3.63, 3.8) is 0 Å². The predicted octanol–water partition coefficient (Wildman–Crippen LogP) is 6.04. The Balaban J connectivity index is 1.63. The molecule has 0 amide bonds. The topological polar surface area (TPSA) is 0 Å². The van der Waals surface area contributed by atoms with Crippen molar-refractivity contribution < 1.29 is 0 Å². The van der Waals surface area contributed by atoms with E-state index in [0.717, 1.165) is 10.5 Å². The van der Waals surface area contributed by atoms with E-state index in [0.29, 0.717) is 0 Å². The van der Waals surface area contributed by atoms with Gasteiger partial charge in [0, 0.05) is 15.9 Å². The van der Waals surface area contributed by atoms with Gasteiger partial charge in [-0.1, -0.05) is 56.3 Å². The average Bonchev–Trinajstić information content (AvgIpc) is 3.02. The Labute approximate surface area is 143 Å². The normalized spacial score (nSPS) is 26.6. The lowest BCUT2D eigenvalue weighted by atomic mass is 9.81. The van der Waals surface area contributed by atoms with Crippen LogP contribution in [0.1, 0.15) is 49.8 Å². The lowest BCUT2D eigenvalue weighted by Crippen LogP contribution is -2.15. The molecule has 0 N–H and O–H groups in total. The standard InChI is InChI=1S/C22H22S/c1-22(2)20-6-4-3-5-18(20)19-10-7-14(13-21(19)22)15-11-16-8-9-17(12-15)23-16/h3-7,10-11,13,16-17H,8-9,12H2,1-2H3. The summed E-state index contributed by atoms with van der Waals surface area (Å²) < 4.78 is 0. The number of hydrogen-bond donors (Lipinski definition) is 0. The summed E-state index contributed by atoms with van der Waals surface area (Å²) in [6.07, 6.45) is 6.58. The fraction of sp³-hybridized carbons (Fsp3) is 0.364. The number of allylic oxidation sites excluding steroid dienone is 1. The van der Waals surface area contributed by atoms with Crippen molar-refractivity contribution in [1.29, 1.82) is 0 Å². The molecule has 23 heavy (non-hydrogen) atoms. The monoisotopic (exact) mass is 318 g/mol. The summed E-state index contributed by atoms with van der Waals surface area (Å²) in [5, 5.41) is 1.63. The van der Waals surface area contributed by atoms with Gasteiger partial charge in [0.25, 0.3) is 0 Å². The Morgan fingerprint density at radius 2 is 1.78 bits per heavy atom. The van der Waals surface area contributed by atoms with E-state index in [1.54, 1.807) is 5.57 Å². The number of hydrogen-bond acceptors (Lipinski definition) is 1. The molecular formula is C22H22S. The van der Waals surface area contributed by atoms with Crippen molar-refractivity contribution in [2.75, 3.05) is 0 Å². The zero-order valence-corrected chi connectivity index (χ0v) is 14.6. The van der Waals surface area contributed by atoms with Crippen LogP contribution in [0.4, 0.5) is 0 Å². The van der Waals surface area contributed by atoms with E-state index in [1.807, 2.05) is 0 Å². The quantitative estimate of drug-likeness (QED) is 0.617. The van der Waals surface area contributed by atoms with Gasteiger partial charge in [-0.3, -0.25) is 0 Å². The summed E-state index contributed by atoms with van der Waals surface area (Å²) in [5.41, 5.74) is 9.00. The first-order valence-electron chi connectivity index (χ1n) is 8.74. The molecule has 0 saturated carbocycles. The predicted molar refractivity (Wildman–Crippen MR) is 101 cm³/mol. The van der Waals surface area contributed by atoms with Crippen LogP contribution >= 0.6 is 11.8 Å². The molecule has 2 unspecified atom stereocenters. The fourth-order valence-electron chi connectivity index (χ4n) is 4.66. The number of rotatable bonds is 1. The SMILES string of the molecule is CC1(C)c2ccccc2-c2ccc(C3=CC4CCC(C3)S4)cc21. The molecule has 1 aliphatic carbocycles. The first-order chi connectivity index (χ1) is 11.1. The van der Waals surface area contributed by atoms with Crippen LogP contribution in [0, 0.1) is 0 Å². The molecule has 1 heteroatoms. The van der Waals surface area contributed by atoms with Crippen molar-refractivity contribution >= 4 is 17.3 Å². The third-order valence-corrected chi connectivity index (χ3v) is 7.44. The highest BCUT2D eigenvalue weighted by molar-refractivity contribution is 8.01. The van der Waals surface area contributed by atoms with Crippen LogP contribution < -0.4 is 0 Å². The highest BCUT2D eigenvalue weighted by Crippen LogP contribution is 2.50. The molecule has 2 aromatic rings. The van der Waals surface area contributed by atoms with E-state index < -0.39 is 0 Å². The summed E-state index contributed by atoms with van der Waals surface area (Å²) in [5.74, 6) is 0. The lowest BCUT2D eigenvalue weighted by molar-refractivity contribution is 0.660. The zero-order chi connectivity index (χ0) is 15.6. The van der Waals surface area contributed by atoms with Gasteiger partial charge < -0.3 is 0 Å². The van der Waals surface area contributed by atoms with Gasteiger partial charge in [-0.05, 0) is 58.7 Å². The van der Waals surface area contributed by atoms with Gasteiger partial charge in [0.15, 0.2) is 0 Å². The van der Waals surface area contributed by atoms with Crippen LogP contribution in [0.25, 0.3) is 16.7 Å². The Morgan fingerprint density at radius 1 is 0.957 bits per heavy atom. The van der Waals surface area contributed by atoms with Gasteiger partial charge in [-0.25, -0.2) is 0 Å². The summed E-state index contributed by atoms with van der Waals surface area (Å²) in [6.45, 7) is 4.74. The van der Waals surface area contributed by atoms with Gasteiger partial charge in [0.05, 0.1) is 0 Å². The van der Waals surface area contributed by atoms with Crippen LogP contribution in [0.2, 0.25) is 0 Å². The first-order valence-corrected chi connectivity index (χ1v) is 9.68. The molecule has 0 nitrogen and oxygen atoms in total. The van der Waals surface area contributed by atoms with Crippen molar-refractivity contribution in [2.45, 2.75) is 49.0 Å². The minimum absolute atomic E-state index is 0.116. The molecule has 116 valence electrons. The van der Waals surface area contributed by atoms with Crippen molar-refractivity contribution in [2.24, 2.45) is 0 Å². The maximum absolute atomic E-state index is 2.55. The third kappa shape index (κ3) is 1.99. The first kappa shape index (κ1) is 13.9. The van der Waals surface area contributed by atoms with Crippen molar-refractivity contribution in [3.8, 4) is 11.1 Å². The van der Waals surface area contributed by atoms with E-state index in [1.165, 1.54) is 47.1 Å². The summed E-state index contributed by atoms with van der Waals surface area (Å²) in [7, 11) is 0.